The van der Waals surface area contributed by atoms with Crippen molar-refractivity contribution in [3.8, 4) is 0 Å². The lowest BCUT2D eigenvalue weighted by Gasteiger charge is -2.33. The minimum absolute atomic E-state index is 0.170. The number of nitrogens with zero attached hydrogens (tertiary/aromatic N) is 1. The highest BCUT2D eigenvalue weighted by atomic mass is 16.5. The van der Waals surface area contributed by atoms with Gasteiger partial charge in [0.1, 0.15) is 6.04 Å². The molecule has 0 bridgehead atoms. The van der Waals surface area contributed by atoms with E-state index in [1.807, 2.05) is 6.92 Å². The summed E-state index contributed by atoms with van der Waals surface area (Å²) < 4.78 is 4.55. The zero-order chi connectivity index (χ0) is 17.0. The first-order valence-corrected chi connectivity index (χ1v) is 7.20. The summed E-state index contributed by atoms with van der Waals surface area (Å²) in [5.74, 6) is -2.58. The maximum Gasteiger partial charge on any atom is 0.308 e. The number of esters is 1. The molecule has 1 aromatic rings. The molecule has 1 N–H and O–H groups in total. The van der Waals surface area contributed by atoms with Crippen LogP contribution in [0.1, 0.15) is 22.3 Å². The maximum absolute atomic E-state index is 12.5. The van der Waals surface area contributed by atoms with Crippen LogP contribution in [0.3, 0.4) is 0 Å². The summed E-state index contributed by atoms with van der Waals surface area (Å²) in [6.07, 6.45) is -0.282. The van der Waals surface area contributed by atoms with Crippen LogP contribution >= 0.6 is 0 Å². The first-order chi connectivity index (χ1) is 10.9. The Bertz CT molecular complexity index is 638. The highest BCUT2D eigenvalue weighted by Gasteiger charge is 2.37. The summed E-state index contributed by atoms with van der Waals surface area (Å²) in [7, 11) is 1.20. The number of Topliss-reactive ketones (excluding diaryl/α,β-unsaturated/α-hetero) is 1. The van der Waals surface area contributed by atoms with Gasteiger partial charge in [0, 0.05) is 18.7 Å². The molecule has 7 heteroatoms. The van der Waals surface area contributed by atoms with Gasteiger partial charge in [-0.3, -0.25) is 19.2 Å². The van der Waals surface area contributed by atoms with Gasteiger partial charge in [0.25, 0.3) is 5.91 Å². The molecule has 0 aliphatic carbocycles. The van der Waals surface area contributed by atoms with Crippen molar-refractivity contribution >= 4 is 23.6 Å². The van der Waals surface area contributed by atoms with E-state index >= 15 is 0 Å². The second-order valence-corrected chi connectivity index (χ2v) is 5.28. The van der Waals surface area contributed by atoms with Crippen molar-refractivity contribution in [2.24, 2.45) is 0 Å². The van der Waals surface area contributed by atoms with E-state index in [0.29, 0.717) is 0 Å². The lowest BCUT2D eigenvalue weighted by Crippen LogP contribution is -2.59. The van der Waals surface area contributed by atoms with E-state index < -0.39 is 29.6 Å². The molecule has 0 saturated carbocycles. The van der Waals surface area contributed by atoms with Crippen LogP contribution in [0.2, 0.25) is 0 Å². The van der Waals surface area contributed by atoms with Gasteiger partial charge in [-0.05, 0) is 6.92 Å². The summed E-state index contributed by atoms with van der Waals surface area (Å²) >= 11 is 0. The van der Waals surface area contributed by atoms with Gasteiger partial charge >= 0.3 is 5.97 Å². The van der Waals surface area contributed by atoms with Crippen LogP contribution < -0.4 is 5.32 Å². The molecule has 1 atom stereocenters. The Labute approximate surface area is 133 Å². The second kappa shape index (κ2) is 7.04. The highest BCUT2D eigenvalue weighted by Crippen LogP contribution is 2.13. The summed E-state index contributed by atoms with van der Waals surface area (Å²) in [4.78, 5) is 49.3. The molecule has 1 unspecified atom stereocenters. The Morgan fingerprint density at radius 1 is 1.26 bits per heavy atom. The van der Waals surface area contributed by atoms with Crippen LogP contribution in [0.25, 0.3) is 0 Å². The summed E-state index contributed by atoms with van der Waals surface area (Å²) in [5, 5.41) is 2.58. The molecule has 7 nitrogen and oxygen atoms in total. The Hall–Kier alpha value is -2.70. The number of aryl methyl sites for hydroxylation is 1. The first-order valence-electron chi connectivity index (χ1n) is 7.20. The Balaban J connectivity index is 2.20. The van der Waals surface area contributed by atoms with Gasteiger partial charge in [0.15, 0.2) is 0 Å². The van der Waals surface area contributed by atoms with E-state index in [4.69, 9.17) is 0 Å². The Morgan fingerprint density at radius 3 is 2.52 bits per heavy atom. The number of carbonyl (C=O) groups is 4. The number of nitrogens with one attached hydrogen (secondary N) is 1. The third-order valence-electron chi connectivity index (χ3n) is 3.69. The number of piperazine rings is 1. The molecule has 2 amide bonds. The van der Waals surface area contributed by atoms with Crippen LogP contribution in [-0.2, 0) is 19.1 Å². The van der Waals surface area contributed by atoms with E-state index in [1.54, 1.807) is 24.3 Å². The van der Waals surface area contributed by atoms with Gasteiger partial charge in [0.05, 0.1) is 13.5 Å². The van der Waals surface area contributed by atoms with Crippen LogP contribution in [0.4, 0.5) is 0 Å². The lowest BCUT2D eigenvalue weighted by molar-refractivity contribution is -0.148. The van der Waals surface area contributed by atoms with Gasteiger partial charge in [-0.1, -0.05) is 29.8 Å². The molecule has 1 heterocycles. The number of ether oxygens (including phenoxy) is 1. The predicted octanol–water partition coefficient (Wildman–Crippen LogP) is 0.0678. The normalized spacial score (nSPS) is 17.4. The number of benzene rings is 1. The van der Waals surface area contributed by atoms with Gasteiger partial charge in [-0.2, -0.15) is 0 Å². The average Bonchev–Trinajstić information content (AvgIpc) is 2.56. The van der Waals surface area contributed by atoms with E-state index in [2.05, 4.69) is 10.1 Å². The summed E-state index contributed by atoms with van der Waals surface area (Å²) in [5.41, 5.74) is 1.22. The molecular weight excluding hydrogens is 300 g/mol. The first kappa shape index (κ1) is 16.7. The molecule has 0 spiro atoms. The zero-order valence-corrected chi connectivity index (χ0v) is 13.0. The number of hydrogen-bond acceptors (Lipinski definition) is 5. The van der Waals surface area contributed by atoms with E-state index in [9.17, 15) is 19.2 Å². The molecule has 1 aromatic carbocycles. The standard InChI is InChI=1S/C16H18N2O5/c1-10-3-5-11(6-4-10)14(20)16(22)18-8-7-17-15(21)12(18)9-13(19)23-2/h3-6,12H,7-9H2,1-2H3,(H,17,21). The van der Waals surface area contributed by atoms with Crippen LogP contribution in [-0.4, -0.2) is 54.7 Å². The molecular formula is C16H18N2O5. The number of ketones is 1. The second-order valence-electron chi connectivity index (χ2n) is 5.28. The van der Waals surface area contributed by atoms with Gasteiger partial charge in [-0.15, -0.1) is 0 Å². The van der Waals surface area contributed by atoms with Gasteiger partial charge in [0.2, 0.25) is 11.7 Å². The number of hydrogen-bond donors (Lipinski definition) is 1. The third kappa shape index (κ3) is 3.74. The highest BCUT2D eigenvalue weighted by molar-refractivity contribution is 6.43. The van der Waals surface area contributed by atoms with Crippen molar-refractivity contribution in [3.05, 3.63) is 35.4 Å². The molecule has 2 rings (SSSR count). The van der Waals surface area contributed by atoms with Gasteiger partial charge < -0.3 is 15.0 Å². The molecule has 1 aliphatic rings. The fourth-order valence-electron chi connectivity index (χ4n) is 2.36. The predicted molar refractivity (Wildman–Crippen MR) is 80.7 cm³/mol. The Kier molecular flexibility index (Phi) is 5.10. The molecule has 122 valence electrons. The van der Waals surface area contributed by atoms with Crippen molar-refractivity contribution in [1.29, 1.82) is 0 Å². The zero-order valence-electron chi connectivity index (χ0n) is 13.0. The largest absolute Gasteiger partial charge is 0.469 e. The molecule has 1 saturated heterocycles. The van der Waals surface area contributed by atoms with E-state index in [-0.39, 0.29) is 25.1 Å². The lowest BCUT2D eigenvalue weighted by atomic mass is 10.0. The third-order valence-corrected chi connectivity index (χ3v) is 3.69. The van der Waals surface area contributed by atoms with Gasteiger partial charge in [-0.25, -0.2) is 0 Å². The van der Waals surface area contributed by atoms with E-state index in [1.165, 1.54) is 7.11 Å². The summed E-state index contributed by atoms with van der Waals surface area (Å²) in [6.45, 7) is 2.28. The van der Waals surface area contributed by atoms with Crippen LogP contribution in [0.15, 0.2) is 24.3 Å². The molecule has 1 aliphatic heterocycles. The molecule has 23 heavy (non-hydrogen) atoms. The topological polar surface area (TPSA) is 92.8 Å². The van der Waals surface area contributed by atoms with Crippen molar-refractivity contribution in [2.45, 2.75) is 19.4 Å². The number of methoxy groups -OCH3 is 1. The Morgan fingerprint density at radius 2 is 1.91 bits per heavy atom. The van der Waals surface area contributed by atoms with Crippen molar-refractivity contribution in [2.75, 3.05) is 20.2 Å². The fourth-order valence-corrected chi connectivity index (χ4v) is 2.36. The van der Waals surface area contributed by atoms with Crippen LogP contribution in [0.5, 0.6) is 0 Å². The smallest absolute Gasteiger partial charge is 0.308 e. The van der Waals surface area contributed by atoms with Crippen molar-refractivity contribution in [3.63, 3.8) is 0 Å². The molecule has 0 aromatic heterocycles. The number of rotatable bonds is 4. The minimum atomic E-state index is -1.03. The SMILES string of the molecule is COC(=O)CC1C(=O)NCCN1C(=O)C(=O)c1ccc(C)cc1. The quantitative estimate of drug-likeness (QED) is 0.482. The maximum atomic E-state index is 12.5. The van der Waals surface area contributed by atoms with E-state index in [0.717, 1.165) is 10.5 Å². The van der Waals surface area contributed by atoms with Crippen molar-refractivity contribution < 1.29 is 23.9 Å². The average molecular weight is 318 g/mol. The van der Waals surface area contributed by atoms with Crippen LogP contribution in [0, 0.1) is 6.92 Å². The minimum Gasteiger partial charge on any atom is -0.469 e. The van der Waals surface area contributed by atoms with Crippen molar-refractivity contribution in [1.82, 2.24) is 10.2 Å². The number of carbonyl (C=O) groups excluding carboxylic acids is 4. The molecule has 0 radical (unpaired) electrons. The fraction of sp³-hybridized carbons (Fsp3) is 0.375. The number of amides is 2. The summed E-state index contributed by atoms with van der Waals surface area (Å²) in [6, 6.07) is 5.56. The molecule has 1 fully saturated rings. The monoisotopic (exact) mass is 318 g/mol.